The van der Waals surface area contributed by atoms with E-state index in [1.54, 1.807) is 0 Å². The molecule has 1 fully saturated rings. The first kappa shape index (κ1) is 19.3. The van der Waals surface area contributed by atoms with Gasteiger partial charge in [0.15, 0.2) is 5.65 Å². The molecule has 8 heteroatoms. The van der Waals surface area contributed by atoms with Gasteiger partial charge in [0.1, 0.15) is 5.82 Å². The van der Waals surface area contributed by atoms with Crippen molar-refractivity contribution in [1.29, 1.82) is 0 Å². The van der Waals surface area contributed by atoms with Gasteiger partial charge in [0.25, 0.3) is 0 Å². The van der Waals surface area contributed by atoms with Crippen LogP contribution >= 0.6 is 0 Å². The van der Waals surface area contributed by atoms with Crippen LogP contribution in [0.15, 0.2) is 42.7 Å². The minimum atomic E-state index is -3.21. The highest BCUT2D eigenvalue weighted by molar-refractivity contribution is 7.88. The smallest absolute Gasteiger partial charge is 0.209 e. The predicted molar refractivity (Wildman–Crippen MR) is 118 cm³/mol. The lowest BCUT2D eigenvalue weighted by Gasteiger charge is -2.20. The third-order valence-corrected chi connectivity index (χ3v) is 6.60. The molecule has 2 N–H and O–H groups in total. The first-order valence-corrected chi connectivity index (χ1v) is 12.3. The monoisotopic (exact) mass is 423 g/mol. The molecule has 156 valence electrons. The second-order valence-electron chi connectivity index (χ2n) is 8.13. The van der Waals surface area contributed by atoms with Gasteiger partial charge in [-0.15, -0.1) is 0 Å². The van der Waals surface area contributed by atoms with Crippen LogP contribution in [0.3, 0.4) is 0 Å². The minimum Gasteiger partial charge on any atom is -0.345 e. The molecule has 0 saturated heterocycles. The lowest BCUT2D eigenvalue weighted by molar-refractivity contribution is 0.429. The summed E-state index contributed by atoms with van der Waals surface area (Å²) in [6, 6.07) is 9.97. The molecule has 1 aliphatic rings. The Balaban J connectivity index is 1.59. The summed E-state index contributed by atoms with van der Waals surface area (Å²) in [5.74, 6) is 1.58. The summed E-state index contributed by atoms with van der Waals surface area (Å²) in [5, 5.41) is 0. The topological polar surface area (TPSA) is 92.2 Å². The molecule has 3 aromatic heterocycles. The fourth-order valence-corrected chi connectivity index (χ4v) is 4.86. The van der Waals surface area contributed by atoms with Crippen molar-refractivity contribution in [2.45, 2.75) is 44.6 Å². The molecule has 0 aliphatic heterocycles. The number of H-pyrrole nitrogens is 1. The molecule has 0 amide bonds. The van der Waals surface area contributed by atoms with E-state index in [0.717, 1.165) is 39.3 Å². The summed E-state index contributed by atoms with van der Waals surface area (Å²) in [5.41, 5.74) is 5.77. The van der Waals surface area contributed by atoms with Crippen molar-refractivity contribution in [3.8, 4) is 11.3 Å². The summed E-state index contributed by atoms with van der Waals surface area (Å²) in [6.45, 7) is 0.280. The third-order valence-electron chi connectivity index (χ3n) is 5.94. The van der Waals surface area contributed by atoms with Crippen LogP contribution in [0.25, 0.3) is 27.9 Å². The summed E-state index contributed by atoms with van der Waals surface area (Å²) in [4.78, 5) is 12.9. The lowest BCUT2D eigenvalue weighted by Crippen LogP contribution is -2.21. The zero-order chi connectivity index (χ0) is 20.7. The van der Waals surface area contributed by atoms with Crippen molar-refractivity contribution >= 4 is 26.7 Å². The maximum atomic E-state index is 11.3. The van der Waals surface area contributed by atoms with Crippen molar-refractivity contribution in [3.63, 3.8) is 0 Å². The van der Waals surface area contributed by atoms with Crippen LogP contribution in [0, 0.1) is 0 Å². The van der Waals surface area contributed by atoms with Crippen LogP contribution in [-0.4, -0.2) is 34.0 Å². The van der Waals surface area contributed by atoms with E-state index < -0.39 is 10.0 Å². The van der Waals surface area contributed by atoms with Gasteiger partial charge in [-0.25, -0.2) is 23.1 Å². The Kier molecular flexibility index (Phi) is 4.83. The van der Waals surface area contributed by atoms with E-state index in [4.69, 9.17) is 4.98 Å². The van der Waals surface area contributed by atoms with Crippen LogP contribution in [0.5, 0.6) is 0 Å². The van der Waals surface area contributed by atoms with Crippen molar-refractivity contribution in [2.24, 2.45) is 0 Å². The van der Waals surface area contributed by atoms with Crippen LogP contribution in [0.2, 0.25) is 0 Å². The van der Waals surface area contributed by atoms with E-state index in [9.17, 15) is 8.42 Å². The average molecular weight is 424 g/mol. The molecule has 1 aliphatic carbocycles. The van der Waals surface area contributed by atoms with E-state index in [-0.39, 0.29) is 6.54 Å². The number of benzene rings is 1. The molecule has 0 spiro atoms. The van der Waals surface area contributed by atoms with E-state index in [1.807, 2.05) is 36.7 Å². The second kappa shape index (κ2) is 7.52. The highest BCUT2D eigenvalue weighted by Gasteiger charge is 2.24. The standard InChI is InChI=1S/C22H25N5O2S/c1-30(28,29)25-13-15-7-9-16(10-8-15)20-19-14-24-21-18(11-12-23-21)27(19)22(26-20)17-5-3-2-4-6-17/h7-12,14,17,23,25H,2-6,13H2,1H3. The Morgan fingerprint density at radius 1 is 1.10 bits per heavy atom. The molecule has 30 heavy (non-hydrogen) atoms. The normalized spacial score (nSPS) is 15.9. The van der Waals surface area contributed by atoms with Crippen molar-refractivity contribution in [1.82, 2.24) is 24.1 Å². The highest BCUT2D eigenvalue weighted by Crippen LogP contribution is 2.36. The number of nitrogens with one attached hydrogen (secondary N) is 2. The lowest BCUT2D eigenvalue weighted by atomic mass is 9.89. The molecule has 0 atom stereocenters. The molecule has 1 aromatic carbocycles. The number of aromatic amines is 1. The number of rotatable bonds is 5. The predicted octanol–water partition coefficient (Wildman–Crippen LogP) is 3.97. The van der Waals surface area contributed by atoms with E-state index in [1.165, 1.54) is 38.4 Å². The number of hydrogen-bond donors (Lipinski definition) is 2. The molecule has 0 unspecified atom stereocenters. The largest absolute Gasteiger partial charge is 0.345 e. The Morgan fingerprint density at radius 3 is 2.60 bits per heavy atom. The maximum Gasteiger partial charge on any atom is 0.209 e. The number of imidazole rings is 1. The number of hydrogen-bond acceptors (Lipinski definition) is 4. The Morgan fingerprint density at radius 2 is 1.87 bits per heavy atom. The van der Waals surface area contributed by atoms with Gasteiger partial charge >= 0.3 is 0 Å². The molecular formula is C22H25N5O2S. The summed E-state index contributed by atoms with van der Waals surface area (Å²) >= 11 is 0. The molecule has 0 radical (unpaired) electrons. The van der Waals surface area contributed by atoms with Crippen molar-refractivity contribution in [3.05, 3.63) is 54.1 Å². The zero-order valence-electron chi connectivity index (χ0n) is 16.9. The van der Waals surface area contributed by atoms with Gasteiger partial charge < -0.3 is 4.98 Å². The van der Waals surface area contributed by atoms with Gasteiger partial charge in [0.2, 0.25) is 10.0 Å². The van der Waals surface area contributed by atoms with Gasteiger partial charge in [-0.05, 0) is 24.5 Å². The molecule has 4 aromatic rings. The van der Waals surface area contributed by atoms with Gasteiger partial charge in [-0.1, -0.05) is 43.5 Å². The SMILES string of the molecule is CS(=O)(=O)NCc1ccc(-c2nc(C3CCCCC3)n3c2cnc2[nH]ccc23)cc1. The van der Waals surface area contributed by atoms with E-state index in [0.29, 0.717) is 5.92 Å². The summed E-state index contributed by atoms with van der Waals surface area (Å²) in [7, 11) is -3.21. The molecule has 5 rings (SSSR count). The van der Waals surface area contributed by atoms with Gasteiger partial charge in [0, 0.05) is 24.2 Å². The maximum absolute atomic E-state index is 11.3. The number of fused-ring (bicyclic) bond motifs is 3. The van der Waals surface area contributed by atoms with Gasteiger partial charge in [-0.3, -0.25) is 4.40 Å². The van der Waals surface area contributed by atoms with Gasteiger partial charge in [-0.2, -0.15) is 0 Å². The molecular weight excluding hydrogens is 398 g/mol. The van der Waals surface area contributed by atoms with Crippen LogP contribution < -0.4 is 4.72 Å². The zero-order valence-corrected chi connectivity index (χ0v) is 17.7. The number of aromatic nitrogens is 4. The van der Waals surface area contributed by atoms with E-state index >= 15 is 0 Å². The molecule has 0 bridgehead atoms. The minimum absolute atomic E-state index is 0.280. The second-order valence-corrected chi connectivity index (χ2v) is 9.97. The molecule has 3 heterocycles. The molecule has 7 nitrogen and oxygen atoms in total. The average Bonchev–Trinajstić information content (AvgIpc) is 3.37. The first-order chi connectivity index (χ1) is 14.5. The third kappa shape index (κ3) is 3.61. The number of sulfonamides is 1. The molecule has 1 saturated carbocycles. The Labute approximate surface area is 175 Å². The van der Waals surface area contributed by atoms with Crippen molar-refractivity contribution in [2.75, 3.05) is 6.26 Å². The first-order valence-electron chi connectivity index (χ1n) is 10.4. The van der Waals surface area contributed by atoms with Crippen LogP contribution in [0.1, 0.15) is 49.4 Å². The number of nitrogens with zero attached hydrogens (tertiary/aromatic N) is 3. The van der Waals surface area contributed by atoms with Crippen LogP contribution in [-0.2, 0) is 16.6 Å². The Bertz CT molecular complexity index is 1300. The summed E-state index contributed by atoms with van der Waals surface area (Å²) < 4.78 is 27.5. The summed E-state index contributed by atoms with van der Waals surface area (Å²) in [6.07, 6.45) is 11.1. The fraction of sp³-hybridized carbons (Fsp3) is 0.364. The van der Waals surface area contributed by atoms with Crippen LogP contribution in [0.4, 0.5) is 0 Å². The van der Waals surface area contributed by atoms with Crippen molar-refractivity contribution < 1.29 is 8.42 Å². The fourth-order valence-electron chi connectivity index (χ4n) is 4.43. The Hall–Kier alpha value is -2.71. The highest BCUT2D eigenvalue weighted by atomic mass is 32.2. The van der Waals surface area contributed by atoms with E-state index in [2.05, 4.69) is 25.2 Å². The quantitative estimate of drug-likeness (QED) is 0.508. The van der Waals surface area contributed by atoms with Gasteiger partial charge in [0.05, 0.1) is 29.2 Å².